The third-order valence-corrected chi connectivity index (χ3v) is 2.59. The lowest BCUT2D eigenvalue weighted by Crippen LogP contribution is -2.36. The summed E-state index contributed by atoms with van der Waals surface area (Å²) in [5, 5.41) is 3.39. The Bertz CT molecular complexity index is 379. The Kier molecular flexibility index (Phi) is 4.62. The van der Waals surface area contributed by atoms with Gasteiger partial charge >= 0.3 is 0 Å². The number of likely N-dealkylation sites (N-methyl/N-ethyl adjacent to an activating group) is 1. The number of halogens is 1. The van der Waals surface area contributed by atoms with Gasteiger partial charge in [0.25, 0.3) is 5.91 Å². The quantitative estimate of drug-likeness (QED) is 0.880. The van der Waals surface area contributed by atoms with Gasteiger partial charge in [-0.2, -0.15) is 0 Å². The van der Waals surface area contributed by atoms with Crippen LogP contribution in [0, 0.1) is 6.92 Å². The van der Waals surface area contributed by atoms with E-state index in [-0.39, 0.29) is 5.91 Å². The van der Waals surface area contributed by atoms with Gasteiger partial charge in [0.1, 0.15) is 5.75 Å². The number of carbonyl (C=O) groups excluding carboxylic acids is 1. The highest BCUT2D eigenvalue weighted by molar-refractivity contribution is 6.31. The summed E-state index contributed by atoms with van der Waals surface area (Å²) in [4.78, 5) is 11.4. The maximum absolute atomic E-state index is 11.4. The molecule has 16 heavy (non-hydrogen) atoms. The highest BCUT2D eigenvalue weighted by Gasteiger charge is 2.13. The molecule has 0 unspecified atom stereocenters. The molecular formula is C12H16ClNO2. The van der Waals surface area contributed by atoms with E-state index in [0.29, 0.717) is 17.3 Å². The predicted octanol–water partition coefficient (Wildman–Crippen LogP) is 2.55. The minimum atomic E-state index is -0.500. The number of nitrogens with one attached hydrogen (secondary N) is 1. The van der Waals surface area contributed by atoms with Crippen molar-refractivity contribution < 1.29 is 9.53 Å². The van der Waals surface area contributed by atoms with Crippen molar-refractivity contribution in [1.82, 2.24) is 5.32 Å². The van der Waals surface area contributed by atoms with Gasteiger partial charge in [-0.05, 0) is 44.5 Å². The van der Waals surface area contributed by atoms with Crippen molar-refractivity contribution in [3.8, 4) is 5.75 Å². The number of hydrogen-bond donors (Lipinski definition) is 1. The van der Waals surface area contributed by atoms with Crippen LogP contribution in [0.4, 0.5) is 0 Å². The van der Waals surface area contributed by atoms with Crippen molar-refractivity contribution >= 4 is 17.5 Å². The van der Waals surface area contributed by atoms with E-state index in [2.05, 4.69) is 5.32 Å². The Hall–Kier alpha value is -1.22. The number of benzene rings is 1. The van der Waals surface area contributed by atoms with Crippen LogP contribution < -0.4 is 10.1 Å². The number of aryl methyl sites for hydroxylation is 1. The van der Waals surface area contributed by atoms with Crippen LogP contribution in [0.3, 0.4) is 0 Å². The van der Waals surface area contributed by atoms with Crippen LogP contribution >= 0.6 is 11.6 Å². The Labute approximate surface area is 101 Å². The molecule has 0 aromatic heterocycles. The Morgan fingerprint density at radius 1 is 1.56 bits per heavy atom. The fourth-order valence-corrected chi connectivity index (χ4v) is 1.38. The lowest BCUT2D eigenvalue weighted by molar-refractivity contribution is -0.127. The summed E-state index contributed by atoms with van der Waals surface area (Å²) in [5.74, 6) is 0.538. The van der Waals surface area contributed by atoms with Gasteiger partial charge in [-0.15, -0.1) is 0 Å². The summed E-state index contributed by atoms with van der Waals surface area (Å²) in [6.07, 6.45) is -0.500. The molecule has 0 heterocycles. The number of amides is 1. The maximum atomic E-state index is 11.4. The molecular weight excluding hydrogens is 226 g/mol. The van der Waals surface area contributed by atoms with Crippen molar-refractivity contribution in [1.29, 1.82) is 0 Å². The molecule has 0 saturated carbocycles. The highest BCUT2D eigenvalue weighted by Crippen LogP contribution is 2.21. The number of hydrogen-bond acceptors (Lipinski definition) is 2. The molecule has 0 aliphatic heterocycles. The fourth-order valence-electron chi connectivity index (χ4n) is 1.27. The third kappa shape index (κ3) is 3.42. The van der Waals surface area contributed by atoms with Crippen LogP contribution in [0.25, 0.3) is 0 Å². The molecule has 0 saturated heterocycles. The molecule has 88 valence electrons. The minimum Gasteiger partial charge on any atom is -0.481 e. The summed E-state index contributed by atoms with van der Waals surface area (Å²) in [5.41, 5.74) is 0.933. The van der Waals surface area contributed by atoms with Crippen LogP contribution in [0.15, 0.2) is 18.2 Å². The van der Waals surface area contributed by atoms with Gasteiger partial charge in [-0.25, -0.2) is 0 Å². The number of carbonyl (C=O) groups is 1. The van der Waals surface area contributed by atoms with Crippen molar-refractivity contribution in [2.24, 2.45) is 0 Å². The van der Waals surface area contributed by atoms with E-state index in [1.807, 2.05) is 19.9 Å². The molecule has 0 spiro atoms. The highest BCUT2D eigenvalue weighted by atomic mass is 35.5. The SMILES string of the molecule is CCNC(=O)[C@@H](C)Oc1ccc(Cl)c(C)c1. The zero-order chi connectivity index (χ0) is 12.1. The van der Waals surface area contributed by atoms with E-state index in [0.717, 1.165) is 5.56 Å². The van der Waals surface area contributed by atoms with E-state index in [1.54, 1.807) is 19.1 Å². The van der Waals surface area contributed by atoms with E-state index in [4.69, 9.17) is 16.3 Å². The molecule has 0 aliphatic rings. The third-order valence-electron chi connectivity index (χ3n) is 2.16. The molecule has 1 rings (SSSR count). The average molecular weight is 242 g/mol. The zero-order valence-electron chi connectivity index (χ0n) is 9.71. The molecule has 0 bridgehead atoms. The van der Waals surface area contributed by atoms with Gasteiger partial charge in [0.05, 0.1) is 0 Å². The lowest BCUT2D eigenvalue weighted by Gasteiger charge is -2.14. The van der Waals surface area contributed by atoms with E-state index in [1.165, 1.54) is 0 Å². The van der Waals surface area contributed by atoms with E-state index < -0.39 is 6.10 Å². The number of ether oxygens (including phenoxy) is 1. The van der Waals surface area contributed by atoms with E-state index >= 15 is 0 Å². The monoisotopic (exact) mass is 241 g/mol. The van der Waals surface area contributed by atoms with Crippen molar-refractivity contribution in [3.05, 3.63) is 28.8 Å². The summed E-state index contributed by atoms with van der Waals surface area (Å²) in [6, 6.07) is 5.33. The van der Waals surface area contributed by atoms with Crippen LogP contribution in [0.2, 0.25) is 5.02 Å². The van der Waals surface area contributed by atoms with Crippen LogP contribution in [-0.4, -0.2) is 18.6 Å². The second-order valence-electron chi connectivity index (χ2n) is 3.57. The van der Waals surface area contributed by atoms with Gasteiger partial charge in [-0.1, -0.05) is 11.6 Å². The first kappa shape index (κ1) is 12.8. The molecule has 1 aromatic rings. The zero-order valence-corrected chi connectivity index (χ0v) is 10.5. The molecule has 1 N–H and O–H groups in total. The summed E-state index contributed by atoms with van der Waals surface area (Å²) in [6.45, 7) is 6.09. The topological polar surface area (TPSA) is 38.3 Å². The Morgan fingerprint density at radius 2 is 2.25 bits per heavy atom. The largest absolute Gasteiger partial charge is 0.481 e. The molecule has 4 heteroatoms. The molecule has 0 aliphatic carbocycles. The van der Waals surface area contributed by atoms with Crippen molar-refractivity contribution in [2.75, 3.05) is 6.54 Å². The van der Waals surface area contributed by atoms with Gasteiger partial charge < -0.3 is 10.1 Å². The first-order valence-electron chi connectivity index (χ1n) is 5.25. The van der Waals surface area contributed by atoms with E-state index in [9.17, 15) is 4.79 Å². The second kappa shape index (κ2) is 5.75. The van der Waals surface area contributed by atoms with Crippen LogP contribution in [-0.2, 0) is 4.79 Å². The summed E-state index contributed by atoms with van der Waals surface area (Å²) >= 11 is 5.89. The van der Waals surface area contributed by atoms with Crippen LogP contribution in [0.1, 0.15) is 19.4 Å². The summed E-state index contributed by atoms with van der Waals surface area (Å²) in [7, 11) is 0. The average Bonchev–Trinajstić information content (AvgIpc) is 2.24. The number of rotatable bonds is 4. The summed E-state index contributed by atoms with van der Waals surface area (Å²) < 4.78 is 5.49. The first-order chi connectivity index (χ1) is 7.54. The molecule has 0 radical (unpaired) electrons. The molecule has 1 atom stereocenters. The normalized spacial score (nSPS) is 12.0. The van der Waals surface area contributed by atoms with Gasteiger partial charge in [0.2, 0.25) is 0 Å². The lowest BCUT2D eigenvalue weighted by atomic mass is 10.2. The minimum absolute atomic E-state index is 0.116. The molecule has 0 fully saturated rings. The Balaban J connectivity index is 2.66. The maximum Gasteiger partial charge on any atom is 0.260 e. The van der Waals surface area contributed by atoms with Crippen molar-refractivity contribution in [2.45, 2.75) is 26.9 Å². The fraction of sp³-hybridized carbons (Fsp3) is 0.417. The van der Waals surface area contributed by atoms with Crippen LogP contribution in [0.5, 0.6) is 5.75 Å². The van der Waals surface area contributed by atoms with Gasteiger partial charge in [-0.3, -0.25) is 4.79 Å². The smallest absolute Gasteiger partial charge is 0.260 e. The second-order valence-corrected chi connectivity index (χ2v) is 3.97. The Morgan fingerprint density at radius 3 is 2.81 bits per heavy atom. The first-order valence-corrected chi connectivity index (χ1v) is 5.63. The predicted molar refractivity (Wildman–Crippen MR) is 65.0 cm³/mol. The molecule has 3 nitrogen and oxygen atoms in total. The molecule has 1 amide bonds. The molecule has 1 aromatic carbocycles. The van der Waals surface area contributed by atoms with Gasteiger partial charge in [0.15, 0.2) is 6.10 Å². The standard InChI is InChI=1S/C12H16ClNO2/c1-4-14-12(15)9(3)16-10-5-6-11(13)8(2)7-10/h5-7,9H,4H2,1-3H3,(H,14,15)/t9-/m1/s1. The van der Waals surface area contributed by atoms with Gasteiger partial charge in [0, 0.05) is 11.6 Å². The van der Waals surface area contributed by atoms with Crippen molar-refractivity contribution in [3.63, 3.8) is 0 Å².